The number of anilines is 2. The van der Waals surface area contributed by atoms with Crippen LogP contribution in [0.1, 0.15) is 5.56 Å². The van der Waals surface area contributed by atoms with E-state index in [0.717, 1.165) is 11.3 Å². The largest absolute Gasteiger partial charge is 0.516 e. The fraction of sp³-hybridized carbons (Fsp3) is 0.333. The van der Waals surface area contributed by atoms with Crippen molar-refractivity contribution < 1.29 is 21.6 Å². The lowest BCUT2D eigenvalue weighted by molar-refractivity contribution is -0.0429. The second-order valence-corrected chi connectivity index (χ2v) is 5.27. The Kier molecular flexibility index (Phi) is 2.69. The zero-order chi connectivity index (χ0) is 12.7. The molecule has 17 heavy (non-hydrogen) atoms. The van der Waals surface area contributed by atoms with Crippen molar-refractivity contribution in [2.75, 3.05) is 16.6 Å². The van der Waals surface area contributed by atoms with Crippen molar-refractivity contribution >= 4 is 21.4 Å². The predicted octanol–water partition coefficient (Wildman–Crippen LogP) is 1.92. The summed E-state index contributed by atoms with van der Waals surface area (Å²) in [5, 5.41) is 3.02. The Labute approximate surface area is 95.9 Å². The maximum absolute atomic E-state index is 12.1. The van der Waals surface area contributed by atoms with Gasteiger partial charge in [0, 0.05) is 17.9 Å². The molecule has 0 aromatic heterocycles. The Morgan fingerprint density at radius 3 is 2.65 bits per heavy atom. The molecular formula is C9H9F3N2O2S. The molecule has 0 saturated carbocycles. The lowest BCUT2D eigenvalue weighted by Crippen LogP contribution is -2.29. The van der Waals surface area contributed by atoms with Gasteiger partial charge in [-0.15, -0.1) is 0 Å². The zero-order valence-electron chi connectivity index (χ0n) is 8.50. The molecule has 1 aliphatic rings. The van der Waals surface area contributed by atoms with Crippen molar-refractivity contribution in [1.29, 1.82) is 0 Å². The van der Waals surface area contributed by atoms with E-state index in [1.54, 1.807) is 6.07 Å². The van der Waals surface area contributed by atoms with Gasteiger partial charge in [-0.25, -0.2) is 0 Å². The summed E-state index contributed by atoms with van der Waals surface area (Å²) in [6.07, 6.45) is 0.664. The molecule has 1 aliphatic heterocycles. The number of nitrogens with one attached hydrogen (secondary N) is 2. The molecular weight excluding hydrogens is 257 g/mol. The van der Waals surface area contributed by atoms with Crippen LogP contribution < -0.4 is 10.0 Å². The predicted molar refractivity (Wildman–Crippen MR) is 57.2 cm³/mol. The van der Waals surface area contributed by atoms with Crippen molar-refractivity contribution in [2.45, 2.75) is 11.9 Å². The number of benzene rings is 1. The van der Waals surface area contributed by atoms with Crippen LogP contribution >= 0.6 is 0 Å². The van der Waals surface area contributed by atoms with E-state index in [9.17, 15) is 21.6 Å². The summed E-state index contributed by atoms with van der Waals surface area (Å²) in [6.45, 7) is 0.699. The first-order valence-electron chi connectivity index (χ1n) is 4.75. The summed E-state index contributed by atoms with van der Waals surface area (Å²) in [7, 11) is -5.34. The highest BCUT2D eigenvalue weighted by Gasteiger charge is 2.46. The van der Waals surface area contributed by atoms with Gasteiger partial charge in [-0.05, 0) is 30.2 Å². The monoisotopic (exact) mass is 266 g/mol. The van der Waals surface area contributed by atoms with Gasteiger partial charge in [0.05, 0.1) is 0 Å². The number of sulfonamides is 1. The third-order valence-corrected chi connectivity index (χ3v) is 3.49. The van der Waals surface area contributed by atoms with E-state index in [0.29, 0.717) is 13.0 Å². The highest BCUT2D eigenvalue weighted by atomic mass is 32.2. The number of hydrogen-bond donors (Lipinski definition) is 2. The van der Waals surface area contributed by atoms with E-state index in [4.69, 9.17) is 0 Å². The van der Waals surface area contributed by atoms with Crippen LogP contribution in [0.5, 0.6) is 0 Å². The van der Waals surface area contributed by atoms with Crippen LogP contribution in [0.2, 0.25) is 0 Å². The first-order valence-corrected chi connectivity index (χ1v) is 6.24. The topological polar surface area (TPSA) is 58.2 Å². The maximum Gasteiger partial charge on any atom is 0.516 e. The molecule has 0 unspecified atom stereocenters. The highest BCUT2D eigenvalue weighted by Crippen LogP contribution is 2.29. The molecule has 2 rings (SSSR count). The van der Waals surface area contributed by atoms with E-state index in [1.807, 2.05) is 0 Å². The SMILES string of the molecule is O=S(=O)(Nc1ccc2c(c1)CCN2)C(F)(F)F. The summed E-state index contributed by atoms with van der Waals surface area (Å²) >= 11 is 0. The Bertz CT molecular complexity index is 540. The zero-order valence-corrected chi connectivity index (χ0v) is 9.32. The minimum Gasteiger partial charge on any atom is -0.384 e. The molecule has 0 bridgehead atoms. The van der Waals surface area contributed by atoms with Gasteiger partial charge in [-0.2, -0.15) is 21.6 Å². The van der Waals surface area contributed by atoms with Gasteiger partial charge >= 0.3 is 15.5 Å². The number of alkyl halides is 3. The molecule has 1 aromatic rings. The summed E-state index contributed by atoms with van der Waals surface area (Å²) < 4.78 is 59.6. The number of halogens is 3. The Balaban J connectivity index is 2.26. The number of hydrogen-bond acceptors (Lipinski definition) is 3. The summed E-state index contributed by atoms with van der Waals surface area (Å²) in [4.78, 5) is 0. The molecule has 0 spiro atoms. The molecule has 0 saturated heterocycles. The lowest BCUT2D eigenvalue weighted by atomic mass is 10.1. The third-order valence-electron chi connectivity index (χ3n) is 2.37. The van der Waals surface area contributed by atoms with Gasteiger partial charge < -0.3 is 5.32 Å². The third kappa shape index (κ3) is 2.31. The number of fused-ring (bicyclic) bond motifs is 1. The van der Waals surface area contributed by atoms with E-state index in [1.165, 1.54) is 16.9 Å². The second kappa shape index (κ2) is 3.80. The smallest absolute Gasteiger partial charge is 0.384 e. The van der Waals surface area contributed by atoms with Gasteiger partial charge in [-0.3, -0.25) is 4.72 Å². The summed E-state index contributed by atoms with van der Waals surface area (Å²) in [5.74, 6) is 0. The molecule has 0 fully saturated rings. The first kappa shape index (κ1) is 12.0. The highest BCUT2D eigenvalue weighted by molar-refractivity contribution is 7.93. The van der Waals surface area contributed by atoms with Gasteiger partial charge in [-0.1, -0.05) is 0 Å². The molecule has 0 atom stereocenters. The van der Waals surface area contributed by atoms with Gasteiger partial charge in [0.1, 0.15) is 0 Å². The van der Waals surface area contributed by atoms with Crippen LogP contribution in [0.25, 0.3) is 0 Å². The Morgan fingerprint density at radius 1 is 1.29 bits per heavy atom. The van der Waals surface area contributed by atoms with Crippen molar-refractivity contribution in [3.8, 4) is 0 Å². The minimum atomic E-state index is -5.34. The Morgan fingerprint density at radius 2 is 2.00 bits per heavy atom. The fourth-order valence-corrected chi connectivity index (χ4v) is 2.13. The van der Waals surface area contributed by atoms with Gasteiger partial charge in [0.15, 0.2) is 0 Å². The summed E-state index contributed by atoms with van der Waals surface area (Å²) in [6, 6.07) is 4.25. The van der Waals surface area contributed by atoms with Gasteiger partial charge in [0.2, 0.25) is 0 Å². The normalized spacial score (nSPS) is 15.2. The van der Waals surface area contributed by atoms with Crippen molar-refractivity contribution in [3.05, 3.63) is 23.8 Å². The van der Waals surface area contributed by atoms with Crippen LogP contribution in [0.3, 0.4) is 0 Å². The first-order chi connectivity index (χ1) is 7.79. The fourth-order valence-electron chi connectivity index (χ4n) is 1.58. The van der Waals surface area contributed by atoms with E-state index in [-0.39, 0.29) is 5.69 Å². The molecule has 2 N–H and O–H groups in total. The van der Waals surface area contributed by atoms with Crippen LogP contribution in [-0.4, -0.2) is 20.5 Å². The van der Waals surface area contributed by atoms with Crippen LogP contribution in [0, 0.1) is 0 Å². The number of rotatable bonds is 2. The molecule has 4 nitrogen and oxygen atoms in total. The molecule has 0 radical (unpaired) electrons. The van der Waals surface area contributed by atoms with Crippen molar-refractivity contribution in [2.24, 2.45) is 0 Å². The summed E-state index contributed by atoms with van der Waals surface area (Å²) in [5.41, 5.74) is -3.76. The average molecular weight is 266 g/mol. The molecule has 0 aliphatic carbocycles. The molecule has 8 heteroatoms. The molecule has 1 aromatic carbocycles. The standard InChI is InChI=1S/C9H9F3N2O2S/c10-9(11,12)17(15,16)14-7-1-2-8-6(5-7)3-4-13-8/h1-2,5,13-14H,3-4H2. The van der Waals surface area contributed by atoms with Crippen LogP contribution in [-0.2, 0) is 16.4 Å². The minimum absolute atomic E-state index is 0.0789. The van der Waals surface area contributed by atoms with Crippen molar-refractivity contribution in [1.82, 2.24) is 0 Å². The van der Waals surface area contributed by atoms with Gasteiger partial charge in [0.25, 0.3) is 0 Å². The van der Waals surface area contributed by atoms with E-state index in [2.05, 4.69) is 5.32 Å². The molecule has 94 valence electrons. The van der Waals surface area contributed by atoms with Crippen molar-refractivity contribution in [3.63, 3.8) is 0 Å². The second-order valence-electron chi connectivity index (χ2n) is 3.60. The van der Waals surface area contributed by atoms with E-state index >= 15 is 0 Å². The van der Waals surface area contributed by atoms with Crippen LogP contribution in [0.4, 0.5) is 24.5 Å². The Hall–Kier alpha value is -1.44. The average Bonchev–Trinajstić information content (AvgIpc) is 2.62. The lowest BCUT2D eigenvalue weighted by Gasteiger charge is -2.11. The van der Waals surface area contributed by atoms with E-state index < -0.39 is 15.5 Å². The quantitative estimate of drug-likeness (QED) is 0.859. The maximum atomic E-state index is 12.1. The molecule has 1 heterocycles. The van der Waals surface area contributed by atoms with Crippen LogP contribution in [0.15, 0.2) is 18.2 Å². The molecule has 0 amide bonds.